The topological polar surface area (TPSA) is 85.8 Å². The molecule has 4 aromatic rings. The van der Waals surface area contributed by atoms with Gasteiger partial charge in [-0.15, -0.1) is 0 Å². The number of alkyl halides is 1. The Morgan fingerprint density at radius 2 is 1.97 bits per heavy atom. The first kappa shape index (κ1) is 18.8. The second-order valence-corrected chi connectivity index (χ2v) is 7.03. The molecule has 1 aromatic carbocycles. The minimum Gasteiger partial charge on any atom is -0.334 e. The molecular formula is C21H20FN5O2. The van der Waals surface area contributed by atoms with E-state index in [-0.39, 0.29) is 17.4 Å². The number of anilines is 2. The standard InChI is InChI=1S/C21H20FN5O2/c1-11-5-6-15(24-21-25-19(13(3)22)29-26-21)9-16(11)17-8-14-10-23-12(2)7-18(14)27(4)20(17)28/h5-10,13H,1-4H3,(H,24,26). The van der Waals surface area contributed by atoms with E-state index >= 15 is 0 Å². The van der Waals surface area contributed by atoms with Gasteiger partial charge < -0.3 is 14.4 Å². The van der Waals surface area contributed by atoms with Gasteiger partial charge in [0.25, 0.3) is 17.4 Å². The van der Waals surface area contributed by atoms with Crippen LogP contribution in [0.4, 0.5) is 16.0 Å². The van der Waals surface area contributed by atoms with Gasteiger partial charge in [-0.25, -0.2) is 4.39 Å². The van der Waals surface area contributed by atoms with Gasteiger partial charge in [-0.1, -0.05) is 6.07 Å². The van der Waals surface area contributed by atoms with Crippen LogP contribution in [0.25, 0.3) is 22.0 Å². The average molecular weight is 393 g/mol. The summed E-state index contributed by atoms with van der Waals surface area (Å²) < 4.78 is 19.8. The van der Waals surface area contributed by atoms with Crippen molar-refractivity contribution in [3.8, 4) is 11.1 Å². The number of nitrogens with one attached hydrogen (secondary N) is 1. The molecule has 3 heterocycles. The number of halogens is 1. The summed E-state index contributed by atoms with van der Waals surface area (Å²) in [7, 11) is 1.75. The molecule has 1 N–H and O–H groups in total. The highest BCUT2D eigenvalue weighted by Gasteiger charge is 2.15. The van der Waals surface area contributed by atoms with Crippen LogP contribution in [0.2, 0.25) is 0 Å². The second-order valence-electron chi connectivity index (χ2n) is 7.03. The summed E-state index contributed by atoms with van der Waals surface area (Å²) >= 11 is 0. The van der Waals surface area contributed by atoms with E-state index in [1.54, 1.807) is 17.8 Å². The van der Waals surface area contributed by atoms with E-state index < -0.39 is 6.17 Å². The van der Waals surface area contributed by atoms with Gasteiger partial charge in [0, 0.05) is 35.6 Å². The van der Waals surface area contributed by atoms with Crippen LogP contribution in [-0.4, -0.2) is 19.7 Å². The Hall–Kier alpha value is -3.55. The van der Waals surface area contributed by atoms with Crippen molar-refractivity contribution < 1.29 is 8.91 Å². The molecule has 0 amide bonds. The highest BCUT2D eigenvalue weighted by Crippen LogP contribution is 2.28. The van der Waals surface area contributed by atoms with E-state index in [1.807, 2.05) is 44.2 Å². The van der Waals surface area contributed by atoms with Gasteiger partial charge in [0.1, 0.15) is 0 Å². The van der Waals surface area contributed by atoms with Crippen molar-refractivity contribution in [1.82, 2.24) is 19.7 Å². The van der Waals surface area contributed by atoms with Crippen molar-refractivity contribution >= 4 is 22.5 Å². The fourth-order valence-corrected chi connectivity index (χ4v) is 3.22. The highest BCUT2D eigenvalue weighted by molar-refractivity contribution is 5.85. The van der Waals surface area contributed by atoms with Crippen molar-refractivity contribution in [3.63, 3.8) is 0 Å². The van der Waals surface area contributed by atoms with E-state index in [4.69, 9.17) is 4.52 Å². The van der Waals surface area contributed by atoms with Gasteiger partial charge >= 0.3 is 0 Å². The molecule has 1 unspecified atom stereocenters. The number of pyridine rings is 2. The van der Waals surface area contributed by atoms with Crippen molar-refractivity contribution in [3.05, 3.63) is 64.0 Å². The lowest BCUT2D eigenvalue weighted by atomic mass is 9.99. The van der Waals surface area contributed by atoms with Gasteiger partial charge in [-0.2, -0.15) is 4.98 Å². The van der Waals surface area contributed by atoms with Crippen molar-refractivity contribution in [1.29, 1.82) is 0 Å². The maximum atomic E-state index is 13.3. The summed E-state index contributed by atoms with van der Waals surface area (Å²) in [6, 6.07) is 9.32. The molecule has 0 aliphatic heterocycles. The Balaban J connectivity index is 1.79. The van der Waals surface area contributed by atoms with Crippen LogP contribution in [-0.2, 0) is 7.05 Å². The van der Waals surface area contributed by atoms with E-state index in [0.29, 0.717) is 11.3 Å². The summed E-state index contributed by atoms with van der Waals surface area (Å²) in [4.78, 5) is 21.3. The summed E-state index contributed by atoms with van der Waals surface area (Å²) in [6.45, 7) is 5.16. The van der Waals surface area contributed by atoms with Gasteiger partial charge in [0.15, 0.2) is 6.17 Å². The molecule has 8 heteroatoms. The number of fused-ring (bicyclic) bond motifs is 1. The lowest BCUT2D eigenvalue weighted by molar-refractivity contribution is 0.265. The molecule has 29 heavy (non-hydrogen) atoms. The maximum Gasteiger partial charge on any atom is 0.267 e. The maximum absolute atomic E-state index is 13.3. The lowest BCUT2D eigenvalue weighted by Gasteiger charge is -2.12. The first-order chi connectivity index (χ1) is 13.8. The SMILES string of the molecule is Cc1cc2c(cn1)cc(-c1cc(Nc3noc(C(C)F)n3)ccc1C)c(=O)n2C. The van der Waals surface area contributed by atoms with Crippen molar-refractivity contribution in [2.75, 3.05) is 5.32 Å². The van der Waals surface area contributed by atoms with Gasteiger partial charge in [0.05, 0.1) is 5.52 Å². The smallest absolute Gasteiger partial charge is 0.267 e. The Kier molecular flexibility index (Phi) is 4.62. The van der Waals surface area contributed by atoms with Crippen LogP contribution in [0.5, 0.6) is 0 Å². The number of aryl methyl sites for hydroxylation is 3. The van der Waals surface area contributed by atoms with Crippen molar-refractivity contribution in [2.45, 2.75) is 26.9 Å². The van der Waals surface area contributed by atoms with E-state index in [0.717, 1.165) is 27.7 Å². The zero-order valence-electron chi connectivity index (χ0n) is 16.5. The van der Waals surface area contributed by atoms with Crippen LogP contribution in [0.15, 0.2) is 45.8 Å². The number of nitrogens with zero attached hydrogens (tertiary/aromatic N) is 4. The zero-order chi connectivity index (χ0) is 20.7. The third-order valence-corrected chi connectivity index (χ3v) is 4.81. The van der Waals surface area contributed by atoms with Crippen LogP contribution in [0, 0.1) is 13.8 Å². The lowest BCUT2D eigenvalue weighted by Crippen LogP contribution is -2.19. The molecule has 1 atom stereocenters. The fraction of sp³-hybridized carbons (Fsp3) is 0.238. The summed E-state index contributed by atoms with van der Waals surface area (Å²) in [5.74, 6) is 0.0661. The number of hydrogen-bond donors (Lipinski definition) is 1. The Morgan fingerprint density at radius 3 is 2.69 bits per heavy atom. The first-order valence-electron chi connectivity index (χ1n) is 9.15. The Labute approximate surface area is 166 Å². The van der Waals surface area contributed by atoms with E-state index in [2.05, 4.69) is 20.4 Å². The van der Waals surface area contributed by atoms with Gasteiger partial charge in [-0.05, 0) is 61.3 Å². The average Bonchev–Trinajstić information content (AvgIpc) is 3.16. The summed E-state index contributed by atoms with van der Waals surface area (Å²) in [6.07, 6.45) is 0.425. The summed E-state index contributed by atoms with van der Waals surface area (Å²) in [5, 5.41) is 7.60. The minimum absolute atomic E-state index is 0.0916. The molecule has 0 saturated heterocycles. The number of hydrogen-bond acceptors (Lipinski definition) is 6. The molecule has 0 fully saturated rings. The first-order valence-corrected chi connectivity index (χ1v) is 9.15. The zero-order valence-corrected chi connectivity index (χ0v) is 16.5. The van der Waals surface area contributed by atoms with Crippen LogP contribution >= 0.6 is 0 Å². The molecule has 148 valence electrons. The third-order valence-electron chi connectivity index (χ3n) is 4.81. The van der Waals surface area contributed by atoms with Crippen LogP contribution in [0.1, 0.15) is 30.2 Å². The third kappa shape index (κ3) is 3.49. The monoisotopic (exact) mass is 393 g/mol. The predicted molar refractivity (Wildman–Crippen MR) is 109 cm³/mol. The summed E-state index contributed by atoms with van der Waals surface area (Å²) in [5.41, 5.74) is 4.53. The molecule has 0 aliphatic rings. The quantitative estimate of drug-likeness (QED) is 0.554. The molecule has 0 saturated carbocycles. The van der Waals surface area contributed by atoms with Crippen molar-refractivity contribution in [2.24, 2.45) is 7.05 Å². The molecule has 4 rings (SSSR count). The Bertz CT molecular complexity index is 1280. The number of aromatic nitrogens is 4. The molecule has 0 radical (unpaired) electrons. The molecule has 7 nitrogen and oxygen atoms in total. The molecular weight excluding hydrogens is 373 g/mol. The molecule has 0 spiro atoms. The van der Waals surface area contributed by atoms with Gasteiger partial charge in [-0.3, -0.25) is 9.78 Å². The minimum atomic E-state index is -1.34. The molecule has 3 aromatic heterocycles. The highest BCUT2D eigenvalue weighted by atomic mass is 19.1. The number of rotatable bonds is 4. The van der Waals surface area contributed by atoms with Crippen LogP contribution < -0.4 is 10.9 Å². The Morgan fingerprint density at radius 1 is 1.17 bits per heavy atom. The van der Waals surface area contributed by atoms with Gasteiger partial charge in [0.2, 0.25) is 0 Å². The largest absolute Gasteiger partial charge is 0.334 e. The number of benzene rings is 1. The predicted octanol–water partition coefficient (Wildman–Crippen LogP) is 4.37. The normalized spacial score (nSPS) is 12.3. The van der Waals surface area contributed by atoms with Crippen LogP contribution in [0.3, 0.4) is 0 Å². The van der Waals surface area contributed by atoms with E-state index in [1.165, 1.54) is 6.92 Å². The fourth-order valence-electron chi connectivity index (χ4n) is 3.22. The molecule has 0 bridgehead atoms. The second kappa shape index (κ2) is 7.12. The molecule has 0 aliphatic carbocycles. The van der Waals surface area contributed by atoms with E-state index in [9.17, 15) is 9.18 Å².